The number of amides is 2. The van der Waals surface area contributed by atoms with Crippen molar-refractivity contribution in [2.75, 3.05) is 24.5 Å². The first kappa shape index (κ1) is 23.4. The fraction of sp³-hybridized carbons (Fsp3) is 0.115. The van der Waals surface area contributed by atoms with Crippen LogP contribution in [0.25, 0.3) is 22.3 Å². The standard InChI is InChI=1S/C26H25N5O4/c1-4-35-17(2)18-8-7-9-19(16-18)27-26(33)30-29-25-28-23-11-6-5-10-22(23)24(32)31(25)20-12-14-21(34-3)15-13-20/h5-16H,2,4H2,1,3H3,(H,28,29)(H2,27,30,33). The summed E-state index contributed by atoms with van der Waals surface area (Å²) in [5.74, 6) is 1.31. The number of hydrazine groups is 1. The highest BCUT2D eigenvalue weighted by Gasteiger charge is 2.14. The zero-order valence-electron chi connectivity index (χ0n) is 19.4. The Hall–Kier alpha value is -4.79. The van der Waals surface area contributed by atoms with E-state index in [9.17, 15) is 9.59 Å². The molecule has 0 aliphatic heterocycles. The van der Waals surface area contributed by atoms with Gasteiger partial charge in [0, 0.05) is 11.3 Å². The number of carbonyl (C=O) groups excluding carboxylic acids is 1. The zero-order chi connectivity index (χ0) is 24.8. The molecule has 9 nitrogen and oxygen atoms in total. The second-order valence-electron chi connectivity index (χ2n) is 7.43. The maximum atomic E-state index is 13.3. The Morgan fingerprint density at radius 1 is 1.06 bits per heavy atom. The van der Waals surface area contributed by atoms with Crippen LogP contribution in [0.2, 0.25) is 0 Å². The lowest BCUT2D eigenvalue weighted by molar-refractivity contribution is 0.253. The number of para-hydroxylation sites is 1. The SMILES string of the molecule is C=C(OCC)c1cccc(NC(=O)NNc2nc3ccccc3c(=O)n2-c2ccc(OC)cc2)c1. The molecule has 35 heavy (non-hydrogen) atoms. The molecule has 0 saturated carbocycles. The van der Waals surface area contributed by atoms with Crippen molar-refractivity contribution in [1.82, 2.24) is 15.0 Å². The van der Waals surface area contributed by atoms with Crippen molar-refractivity contribution in [3.05, 3.63) is 95.3 Å². The summed E-state index contributed by atoms with van der Waals surface area (Å²) >= 11 is 0. The second kappa shape index (κ2) is 10.4. The molecule has 0 radical (unpaired) electrons. The average Bonchev–Trinajstić information content (AvgIpc) is 2.88. The number of nitrogens with zero attached hydrogens (tertiary/aromatic N) is 2. The van der Waals surface area contributed by atoms with E-state index in [2.05, 4.69) is 27.7 Å². The van der Waals surface area contributed by atoms with Gasteiger partial charge in [-0.25, -0.2) is 19.8 Å². The van der Waals surface area contributed by atoms with Gasteiger partial charge >= 0.3 is 6.03 Å². The molecule has 1 heterocycles. The smallest absolute Gasteiger partial charge is 0.337 e. The van der Waals surface area contributed by atoms with Crippen LogP contribution in [-0.2, 0) is 4.74 Å². The molecule has 0 atom stereocenters. The average molecular weight is 472 g/mol. The number of hydrogen-bond acceptors (Lipinski definition) is 6. The number of methoxy groups -OCH3 is 1. The first-order chi connectivity index (χ1) is 17.0. The number of hydrogen-bond donors (Lipinski definition) is 3. The number of benzene rings is 3. The van der Waals surface area contributed by atoms with Gasteiger partial charge in [-0.2, -0.15) is 0 Å². The Balaban J connectivity index is 1.59. The van der Waals surface area contributed by atoms with Crippen LogP contribution in [0.4, 0.5) is 16.4 Å². The molecule has 0 aliphatic carbocycles. The number of rotatable bonds is 8. The van der Waals surface area contributed by atoms with Crippen molar-refractivity contribution < 1.29 is 14.3 Å². The molecule has 4 aromatic rings. The highest BCUT2D eigenvalue weighted by Crippen LogP contribution is 2.20. The third kappa shape index (κ3) is 5.25. The molecule has 1 aromatic heterocycles. The lowest BCUT2D eigenvalue weighted by atomic mass is 10.2. The van der Waals surface area contributed by atoms with E-state index < -0.39 is 6.03 Å². The molecule has 0 spiro atoms. The van der Waals surface area contributed by atoms with E-state index in [0.29, 0.717) is 40.4 Å². The molecule has 0 unspecified atom stereocenters. The summed E-state index contributed by atoms with van der Waals surface area (Å²) in [4.78, 5) is 30.4. The summed E-state index contributed by atoms with van der Waals surface area (Å²) in [6.07, 6.45) is 0. The van der Waals surface area contributed by atoms with Gasteiger partial charge in [0.1, 0.15) is 11.5 Å². The number of ether oxygens (including phenoxy) is 2. The summed E-state index contributed by atoms with van der Waals surface area (Å²) in [7, 11) is 1.57. The highest BCUT2D eigenvalue weighted by atomic mass is 16.5. The van der Waals surface area contributed by atoms with Crippen LogP contribution in [-0.4, -0.2) is 29.3 Å². The maximum absolute atomic E-state index is 13.3. The molecule has 0 saturated heterocycles. The van der Waals surface area contributed by atoms with Crippen LogP contribution >= 0.6 is 0 Å². The zero-order valence-corrected chi connectivity index (χ0v) is 19.4. The van der Waals surface area contributed by atoms with Gasteiger partial charge in [0.05, 0.1) is 30.3 Å². The minimum absolute atomic E-state index is 0.146. The van der Waals surface area contributed by atoms with Gasteiger partial charge in [-0.3, -0.25) is 10.2 Å². The van der Waals surface area contributed by atoms with Crippen molar-refractivity contribution in [1.29, 1.82) is 0 Å². The predicted molar refractivity (Wildman–Crippen MR) is 137 cm³/mol. The van der Waals surface area contributed by atoms with Crippen LogP contribution < -0.4 is 26.5 Å². The van der Waals surface area contributed by atoms with E-state index in [1.54, 1.807) is 73.8 Å². The topological polar surface area (TPSA) is 107 Å². The minimum atomic E-state index is -0.548. The summed E-state index contributed by atoms with van der Waals surface area (Å²) < 4.78 is 12.0. The molecule has 4 rings (SSSR count). The van der Waals surface area contributed by atoms with Gasteiger partial charge in [0.2, 0.25) is 5.95 Å². The molecule has 2 amide bonds. The molecule has 3 N–H and O–H groups in total. The first-order valence-electron chi connectivity index (χ1n) is 10.9. The van der Waals surface area contributed by atoms with Gasteiger partial charge in [0.15, 0.2) is 0 Å². The fourth-order valence-corrected chi connectivity index (χ4v) is 3.49. The number of fused-ring (bicyclic) bond motifs is 1. The Bertz CT molecular complexity index is 1430. The molecule has 0 aliphatic rings. The molecule has 178 valence electrons. The highest BCUT2D eigenvalue weighted by molar-refractivity contribution is 5.90. The number of carbonyl (C=O) groups is 1. The third-order valence-corrected chi connectivity index (χ3v) is 5.16. The predicted octanol–water partition coefficient (Wildman–Crippen LogP) is 4.55. The first-order valence-corrected chi connectivity index (χ1v) is 10.9. The number of anilines is 2. The summed E-state index contributed by atoms with van der Waals surface area (Å²) in [5, 5.41) is 3.18. The number of urea groups is 1. The molecule has 0 fully saturated rings. The van der Waals surface area contributed by atoms with Gasteiger partial charge in [0.25, 0.3) is 5.56 Å². The van der Waals surface area contributed by atoms with E-state index in [1.807, 2.05) is 13.0 Å². The summed E-state index contributed by atoms with van der Waals surface area (Å²) in [6, 6.07) is 20.5. The number of nitrogens with one attached hydrogen (secondary N) is 3. The van der Waals surface area contributed by atoms with Crippen LogP contribution in [0.15, 0.2) is 84.2 Å². The van der Waals surface area contributed by atoms with Crippen LogP contribution in [0.5, 0.6) is 5.75 Å². The Morgan fingerprint density at radius 2 is 1.83 bits per heavy atom. The molecule has 0 bridgehead atoms. The van der Waals surface area contributed by atoms with Crippen molar-refractivity contribution in [2.24, 2.45) is 0 Å². The monoisotopic (exact) mass is 471 g/mol. The molecule has 9 heteroatoms. The van der Waals surface area contributed by atoms with E-state index in [0.717, 1.165) is 5.56 Å². The summed E-state index contributed by atoms with van der Waals surface area (Å²) in [6.45, 7) is 6.25. The van der Waals surface area contributed by atoms with Crippen molar-refractivity contribution in [3.8, 4) is 11.4 Å². The Kier molecular flexibility index (Phi) is 6.96. The second-order valence-corrected chi connectivity index (χ2v) is 7.43. The quantitative estimate of drug-likeness (QED) is 0.257. The van der Waals surface area contributed by atoms with Gasteiger partial charge in [-0.05, 0) is 55.5 Å². The maximum Gasteiger partial charge on any atom is 0.337 e. The molecular formula is C26H25N5O4. The van der Waals surface area contributed by atoms with E-state index in [1.165, 1.54) is 4.57 Å². The van der Waals surface area contributed by atoms with Crippen LogP contribution in [0.3, 0.4) is 0 Å². The van der Waals surface area contributed by atoms with Crippen molar-refractivity contribution >= 4 is 34.3 Å². The van der Waals surface area contributed by atoms with Gasteiger partial charge in [-0.15, -0.1) is 0 Å². The Labute approximate surface area is 202 Å². The largest absolute Gasteiger partial charge is 0.497 e. The Morgan fingerprint density at radius 3 is 2.57 bits per heavy atom. The van der Waals surface area contributed by atoms with Crippen molar-refractivity contribution in [2.45, 2.75) is 6.92 Å². The molecular weight excluding hydrogens is 446 g/mol. The van der Waals surface area contributed by atoms with Gasteiger partial charge in [-0.1, -0.05) is 30.8 Å². The van der Waals surface area contributed by atoms with Gasteiger partial charge < -0.3 is 14.8 Å². The lowest BCUT2D eigenvalue weighted by Gasteiger charge is -2.16. The minimum Gasteiger partial charge on any atom is -0.497 e. The third-order valence-electron chi connectivity index (χ3n) is 5.16. The summed E-state index contributed by atoms with van der Waals surface area (Å²) in [5.41, 5.74) is 7.37. The fourth-order valence-electron chi connectivity index (χ4n) is 3.49. The molecule has 3 aromatic carbocycles. The van der Waals surface area contributed by atoms with E-state index in [4.69, 9.17) is 9.47 Å². The lowest BCUT2D eigenvalue weighted by Crippen LogP contribution is -2.36. The van der Waals surface area contributed by atoms with E-state index >= 15 is 0 Å². The van der Waals surface area contributed by atoms with Crippen LogP contribution in [0.1, 0.15) is 12.5 Å². The van der Waals surface area contributed by atoms with Crippen LogP contribution in [0, 0.1) is 0 Å². The van der Waals surface area contributed by atoms with Crippen molar-refractivity contribution in [3.63, 3.8) is 0 Å². The van der Waals surface area contributed by atoms with E-state index in [-0.39, 0.29) is 11.5 Å². The normalized spacial score (nSPS) is 10.5. The number of aromatic nitrogens is 2.